The zero-order valence-electron chi connectivity index (χ0n) is 18.4. The van der Waals surface area contributed by atoms with Crippen LogP contribution in [0.25, 0.3) is 11.4 Å². The molecule has 0 unspecified atom stereocenters. The lowest BCUT2D eigenvalue weighted by Gasteiger charge is -2.10. The first kappa shape index (κ1) is 23.0. The largest absolute Gasteiger partial charge is 0.493 e. The number of carbonyl (C=O) groups excluding carboxylic acids is 1. The van der Waals surface area contributed by atoms with Gasteiger partial charge in [-0.15, -0.1) is 10.2 Å². The van der Waals surface area contributed by atoms with Gasteiger partial charge in [-0.05, 0) is 43.5 Å². The van der Waals surface area contributed by atoms with E-state index in [0.29, 0.717) is 36.0 Å². The molecule has 3 rings (SSSR count). The summed E-state index contributed by atoms with van der Waals surface area (Å²) in [6.07, 6.45) is 2.17. The number of aromatic amines is 1. The van der Waals surface area contributed by atoms with Crippen LogP contribution < -0.4 is 20.3 Å². The van der Waals surface area contributed by atoms with Crippen molar-refractivity contribution in [2.24, 2.45) is 0 Å². The molecule has 0 atom stereocenters. The molecule has 8 nitrogen and oxygen atoms in total. The van der Waals surface area contributed by atoms with E-state index in [4.69, 9.17) is 9.47 Å². The SMILES string of the molecule is CCOc1ccc(-c2nnc(CCC(=O)NCCCc3ccccc3)c(=O)[nH]2)cc1OC. The summed E-state index contributed by atoms with van der Waals surface area (Å²) in [6, 6.07) is 15.4. The van der Waals surface area contributed by atoms with E-state index in [1.54, 1.807) is 25.3 Å². The molecule has 168 valence electrons. The highest BCUT2D eigenvalue weighted by Gasteiger charge is 2.12. The molecule has 0 aliphatic carbocycles. The number of nitrogens with one attached hydrogen (secondary N) is 2. The molecule has 0 radical (unpaired) electrons. The summed E-state index contributed by atoms with van der Waals surface area (Å²) >= 11 is 0. The number of nitrogens with zero attached hydrogens (tertiary/aromatic N) is 2. The van der Waals surface area contributed by atoms with Crippen LogP contribution in [0, 0.1) is 0 Å². The summed E-state index contributed by atoms with van der Waals surface area (Å²) in [5.41, 5.74) is 1.76. The van der Waals surface area contributed by atoms with Gasteiger partial charge in [0.25, 0.3) is 5.56 Å². The Hall–Kier alpha value is -3.68. The fraction of sp³-hybridized carbons (Fsp3) is 0.333. The van der Waals surface area contributed by atoms with Gasteiger partial charge in [0, 0.05) is 24.9 Å². The van der Waals surface area contributed by atoms with E-state index in [9.17, 15) is 9.59 Å². The van der Waals surface area contributed by atoms with Crippen molar-refractivity contribution in [2.75, 3.05) is 20.3 Å². The van der Waals surface area contributed by atoms with E-state index in [2.05, 4.69) is 32.6 Å². The molecule has 0 bridgehead atoms. The van der Waals surface area contributed by atoms with Crippen molar-refractivity contribution in [1.82, 2.24) is 20.5 Å². The summed E-state index contributed by atoms with van der Waals surface area (Å²) in [5.74, 6) is 1.37. The van der Waals surface area contributed by atoms with Crippen molar-refractivity contribution in [3.8, 4) is 22.9 Å². The first-order valence-electron chi connectivity index (χ1n) is 10.7. The number of hydrogen-bond acceptors (Lipinski definition) is 6. The number of rotatable bonds is 11. The van der Waals surface area contributed by atoms with E-state index >= 15 is 0 Å². The lowest BCUT2D eigenvalue weighted by atomic mass is 10.1. The van der Waals surface area contributed by atoms with Crippen LogP contribution in [0.5, 0.6) is 11.5 Å². The number of benzene rings is 2. The molecule has 0 aliphatic heterocycles. The topological polar surface area (TPSA) is 106 Å². The Morgan fingerprint density at radius 1 is 1.06 bits per heavy atom. The highest BCUT2D eigenvalue weighted by molar-refractivity contribution is 5.76. The molecular formula is C24H28N4O4. The van der Waals surface area contributed by atoms with Crippen LogP contribution in [0.2, 0.25) is 0 Å². The number of ether oxygens (including phenoxy) is 2. The van der Waals surface area contributed by atoms with Gasteiger partial charge in [-0.2, -0.15) is 0 Å². The van der Waals surface area contributed by atoms with Crippen LogP contribution in [0.4, 0.5) is 0 Å². The van der Waals surface area contributed by atoms with E-state index in [-0.39, 0.29) is 30.0 Å². The minimum atomic E-state index is -0.361. The zero-order valence-corrected chi connectivity index (χ0v) is 18.4. The predicted octanol–water partition coefficient (Wildman–Crippen LogP) is 2.92. The van der Waals surface area contributed by atoms with Gasteiger partial charge in [0.15, 0.2) is 17.3 Å². The third-order valence-corrected chi connectivity index (χ3v) is 4.90. The molecule has 1 aromatic heterocycles. The minimum absolute atomic E-state index is 0.111. The first-order valence-corrected chi connectivity index (χ1v) is 10.7. The van der Waals surface area contributed by atoms with Crippen LogP contribution in [0.3, 0.4) is 0 Å². The second-order valence-corrected chi connectivity index (χ2v) is 7.19. The number of aryl methyl sites for hydroxylation is 2. The van der Waals surface area contributed by atoms with E-state index in [0.717, 1.165) is 12.8 Å². The maximum atomic E-state index is 12.4. The summed E-state index contributed by atoms with van der Waals surface area (Å²) < 4.78 is 10.8. The van der Waals surface area contributed by atoms with Gasteiger partial charge >= 0.3 is 0 Å². The van der Waals surface area contributed by atoms with Gasteiger partial charge in [-0.3, -0.25) is 9.59 Å². The van der Waals surface area contributed by atoms with Crippen molar-refractivity contribution >= 4 is 5.91 Å². The van der Waals surface area contributed by atoms with Crippen LogP contribution >= 0.6 is 0 Å². The maximum Gasteiger partial charge on any atom is 0.273 e. The molecule has 0 saturated carbocycles. The maximum absolute atomic E-state index is 12.4. The van der Waals surface area contributed by atoms with E-state index in [1.807, 2.05) is 25.1 Å². The van der Waals surface area contributed by atoms with Gasteiger partial charge < -0.3 is 19.8 Å². The Balaban J connectivity index is 1.52. The average molecular weight is 437 g/mol. The van der Waals surface area contributed by atoms with Crippen molar-refractivity contribution in [3.05, 3.63) is 70.1 Å². The highest BCUT2D eigenvalue weighted by Crippen LogP contribution is 2.30. The Morgan fingerprint density at radius 3 is 2.59 bits per heavy atom. The molecule has 0 fully saturated rings. The average Bonchev–Trinajstić information content (AvgIpc) is 2.82. The fourth-order valence-electron chi connectivity index (χ4n) is 3.23. The normalized spacial score (nSPS) is 10.6. The zero-order chi connectivity index (χ0) is 22.8. The highest BCUT2D eigenvalue weighted by atomic mass is 16.5. The summed E-state index contributed by atoms with van der Waals surface area (Å²) in [6.45, 7) is 3.00. The number of H-pyrrole nitrogens is 1. The summed E-state index contributed by atoms with van der Waals surface area (Å²) in [4.78, 5) is 27.2. The standard InChI is InChI=1S/C24H28N4O4/c1-3-32-20-13-11-18(16-21(20)31-2)23-26-24(30)19(27-28-23)12-14-22(29)25-15-7-10-17-8-5-4-6-9-17/h4-6,8-9,11,13,16H,3,7,10,12,14-15H2,1-2H3,(H,25,29)(H,26,28,30). The van der Waals surface area contributed by atoms with Crippen molar-refractivity contribution in [3.63, 3.8) is 0 Å². The lowest BCUT2D eigenvalue weighted by Crippen LogP contribution is -2.26. The minimum Gasteiger partial charge on any atom is -0.493 e. The molecule has 0 aliphatic rings. The van der Waals surface area contributed by atoms with Gasteiger partial charge in [-0.25, -0.2) is 0 Å². The lowest BCUT2D eigenvalue weighted by molar-refractivity contribution is -0.121. The molecule has 0 spiro atoms. The number of carbonyl (C=O) groups is 1. The molecule has 1 heterocycles. The predicted molar refractivity (Wildman–Crippen MR) is 122 cm³/mol. The molecule has 32 heavy (non-hydrogen) atoms. The van der Waals surface area contributed by atoms with Gasteiger partial charge in [0.05, 0.1) is 13.7 Å². The molecule has 0 saturated heterocycles. The van der Waals surface area contributed by atoms with Crippen molar-refractivity contribution in [2.45, 2.75) is 32.6 Å². The smallest absolute Gasteiger partial charge is 0.273 e. The van der Waals surface area contributed by atoms with Gasteiger partial charge in [0.1, 0.15) is 5.69 Å². The Labute approximate surface area is 187 Å². The van der Waals surface area contributed by atoms with Gasteiger partial charge in [0.2, 0.25) is 5.91 Å². The van der Waals surface area contributed by atoms with Crippen LogP contribution in [-0.2, 0) is 17.6 Å². The molecule has 8 heteroatoms. The summed E-state index contributed by atoms with van der Waals surface area (Å²) in [7, 11) is 1.55. The van der Waals surface area contributed by atoms with Crippen LogP contribution in [0.15, 0.2) is 53.3 Å². The summed E-state index contributed by atoms with van der Waals surface area (Å²) in [5, 5.41) is 11.0. The quantitative estimate of drug-likeness (QED) is 0.448. The van der Waals surface area contributed by atoms with E-state index in [1.165, 1.54) is 5.56 Å². The Morgan fingerprint density at radius 2 is 1.88 bits per heavy atom. The number of aromatic nitrogens is 3. The molecular weight excluding hydrogens is 408 g/mol. The first-order chi connectivity index (χ1) is 15.6. The Kier molecular flexibility index (Phi) is 8.36. The van der Waals surface area contributed by atoms with E-state index < -0.39 is 0 Å². The fourth-order valence-corrected chi connectivity index (χ4v) is 3.23. The third kappa shape index (κ3) is 6.41. The van der Waals surface area contributed by atoms with Crippen molar-refractivity contribution in [1.29, 1.82) is 0 Å². The second-order valence-electron chi connectivity index (χ2n) is 7.19. The third-order valence-electron chi connectivity index (χ3n) is 4.90. The van der Waals surface area contributed by atoms with Gasteiger partial charge in [-0.1, -0.05) is 30.3 Å². The van der Waals surface area contributed by atoms with Crippen LogP contribution in [-0.4, -0.2) is 41.3 Å². The monoisotopic (exact) mass is 436 g/mol. The molecule has 1 amide bonds. The van der Waals surface area contributed by atoms with Crippen LogP contribution in [0.1, 0.15) is 31.0 Å². The molecule has 2 aromatic carbocycles. The number of amides is 1. The molecule has 3 aromatic rings. The Bertz CT molecular complexity index is 1080. The number of hydrogen-bond donors (Lipinski definition) is 2. The van der Waals surface area contributed by atoms with Crippen molar-refractivity contribution < 1.29 is 14.3 Å². The molecule has 2 N–H and O–H groups in total. The second kappa shape index (κ2) is 11.6. The number of methoxy groups -OCH3 is 1.